The van der Waals surface area contributed by atoms with Crippen LogP contribution in [0.15, 0.2) is 18.2 Å². The summed E-state index contributed by atoms with van der Waals surface area (Å²) in [6.45, 7) is 7.69. The SMILES string of the molecule is COc1cc2nc(OC)c(C(C)N[S@+]([O-])C(C)(C)C)cc2cc1Cl. The summed E-state index contributed by atoms with van der Waals surface area (Å²) in [5, 5.41) is 1.38. The maximum absolute atomic E-state index is 12.4. The Bertz CT molecular complexity index is 734. The molecule has 0 aliphatic rings. The molecule has 1 unspecified atom stereocenters. The van der Waals surface area contributed by atoms with E-state index >= 15 is 0 Å². The second kappa shape index (κ2) is 7.35. The molecule has 5 nitrogen and oxygen atoms in total. The van der Waals surface area contributed by atoms with Crippen molar-refractivity contribution in [3.8, 4) is 11.6 Å². The molecule has 0 aliphatic heterocycles. The molecule has 132 valence electrons. The molecule has 1 N–H and O–H groups in total. The number of nitrogens with one attached hydrogen (secondary N) is 1. The molecule has 2 atom stereocenters. The minimum atomic E-state index is -1.20. The largest absolute Gasteiger partial charge is 0.598 e. The number of fused-ring (bicyclic) bond motifs is 1. The summed E-state index contributed by atoms with van der Waals surface area (Å²) < 4.78 is 25.7. The van der Waals surface area contributed by atoms with Crippen molar-refractivity contribution in [3.05, 3.63) is 28.8 Å². The smallest absolute Gasteiger partial charge is 0.218 e. The minimum absolute atomic E-state index is 0.196. The van der Waals surface area contributed by atoms with Crippen LogP contribution in [0.1, 0.15) is 39.3 Å². The fourth-order valence-electron chi connectivity index (χ4n) is 2.20. The summed E-state index contributed by atoms with van der Waals surface area (Å²) in [6, 6.07) is 5.33. The Labute approximate surface area is 151 Å². The highest BCUT2D eigenvalue weighted by molar-refractivity contribution is 7.90. The molecule has 2 aromatic rings. The van der Waals surface area contributed by atoms with E-state index in [0.717, 1.165) is 16.5 Å². The number of methoxy groups -OCH3 is 2. The number of hydrogen-bond donors (Lipinski definition) is 1. The van der Waals surface area contributed by atoms with Crippen molar-refractivity contribution < 1.29 is 14.0 Å². The van der Waals surface area contributed by atoms with E-state index < -0.39 is 11.4 Å². The molecule has 2 rings (SSSR count). The zero-order valence-electron chi connectivity index (χ0n) is 14.8. The average molecular weight is 371 g/mol. The van der Waals surface area contributed by atoms with E-state index in [1.807, 2.05) is 33.8 Å². The Morgan fingerprint density at radius 2 is 1.88 bits per heavy atom. The molecular weight excluding hydrogens is 348 g/mol. The first-order chi connectivity index (χ1) is 11.2. The molecule has 1 aromatic carbocycles. The fraction of sp³-hybridized carbons (Fsp3) is 0.471. The van der Waals surface area contributed by atoms with Crippen LogP contribution < -0.4 is 14.2 Å². The summed E-state index contributed by atoms with van der Waals surface area (Å²) >= 11 is 5.00. The van der Waals surface area contributed by atoms with Crippen LogP contribution in [0.5, 0.6) is 11.6 Å². The molecule has 0 saturated heterocycles. The van der Waals surface area contributed by atoms with E-state index in [0.29, 0.717) is 16.7 Å². The Morgan fingerprint density at radius 1 is 1.21 bits per heavy atom. The number of nitrogens with zero attached hydrogens (tertiary/aromatic N) is 1. The van der Waals surface area contributed by atoms with E-state index in [4.69, 9.17) is 21.1 Å². The molecule has 0 amide bonds. The number of halogens is 1. The number of rotatable bonds is 5. The van der Waals surface area contributed by atoms with Crippen LogP contribution in [0, 0.1) is 0 Å². The van der Waals surface area contributed by atoms with Crippen molar-refractivity contribution in [2.45, 2.75) is 38.5 Å². The molecule has 0 aliphatic carbocycles. The molecule has 0 fully saturated rings. The van der Waals surface area contributed by atoms with Gasteiger partial charge in [0.15, 0.2) is 0 Å². The first-order valence-electron chi connectivity index (χ1n) is 7.57. The van der Waals surface area contributed by atoms with Crippen molar-refractivity contribution in [1.29, 1.82) is 0 Å². The predicted octanol–water partition coefficient (Wildman–Crippen LogP) is 4.02. The van der Waals surface area contributed by atoms with Gasteiger partial charge in [-0.1, -0.05) is 11.6 Å². The quantitative estimate of drug-likeness (QED) is 0.805. The van der Waals surface area contributed by atoms with Gasteiger partial charge in [-0.3, -0.25) is 0 Å². The summed E-state index contributed by atoms with van der Waals surface area (Å²) in [7, 11) is 3.13. The maximum Gasteiger partial charge on any atom is 0.218 e. The van der Waals surface area contributed by atoms with Gasteiger partial charge in [-0.15, -0.1) is 4.72 Å². The summed E-state index contributed by atoms with van der Waals surface area (Å²) in [5.41, 5.74) is 1.55. The lowest BCUT2D eigenvalue weighted by Gasteiger charge is -2.27. The lowest BCUT2D eigenvalue weighted by atomic mass is 10.1. The van der Waals surface area contributed by atoms with Crippen molar-refractivity contribution >= 4 is 33.9 Å². The Balaban J connectivity index is 2.45. The van der Waals surface area contributed by atoms with Crippen LogP contribution in [0.25, 0.3) is 10.9 Å². The summed E-state index contributed by atoms with van der Waals surface area (Å²) in [5.74, 6) is 1.05. The second-order valence-electron chi connectivity index (χ2n) is 6.49. The van der Waals surface area contributed by atoms with E-state index in [1.54, 1.807) is 26.4 Å². The number of aromatic nitrogens is 1. The molecule has 0 saturated carbocycles. The van der Waals surface area contributed by atoms with Crippen LogP contribution in [-0.4, -0.2) is 28.5 Å². The first-order valence-corrected chi connectivity index (χ1v) is 9.10. The highest BCUT2D eigenvalue weighted by Gasteiger charge is 2.29. The third kappa shape index (κ3) is 4.06. The second-order valence-corrected chi connectivity index (χ2v) is 8.89. The van der Waals surface area contributed by atoms with Crippen LogP contribution >= 0.6 is 11.6 Å². The van der Waals surface area contributed by atoms with Gasteiger partial charge >= 0.3 is 0 Å². The van der Waals surface area contributed by atoms with E-state index in [9.17, 15) is 4.55 Å². The Kier molecular flexibility index (Phi) is 5.86. The van der Waals surface area contributed by atoms with Gasteiger partial charge in [-0.25, -0.2) is 4.98 Å². The molecule has 24 heavy (non-hydrogen) atoms. The zero-order valence-corrected chi connectivity index (χ0v) is 16.3. The van der Waals surface area contributed by atoms with Gasteiger partial charge in [0.05, 0.1) is 30.8 Å². The van der Waals surface area contributed by atoms with Crippen molar-refractivity contribution in [2.24, 2.45) is 0 Å². The summed E-state index contributed by atoms with van der Waals surface area (Å²) in [4.78, 5) is 4.53. The van der Waals surface area contributed by atoms with Gasteiger partial charge in [0.2, 0.25) is 5.88 Å². The molecular formula is C17H23ClN2O3S. The number of hydrogen-bond acceptors (Lipinski definition) is 5. The van der Waals surface area contributed by atoms with Gasteiger partial charge in [-0.05, 0) is 39.8 Å². The predicted molar refractivity (Wildman–Crippen MR) is 99.3 cm³/mol. The fourth-order valence-corrected chi connectivity index (χ4v) is 3.26. The number of pyridine rings is 1. The molecule has 0 radical (unpaired) electrons. The third-order valence-electron chi connectivity index (χ3n) is 3.58. The molecule has 0 spiro atoms. The van der Waals surface area contributed by atoms with Crippen molar-refractivity contribution in [3.63, 3.8) is 0 Å². The Morgan fingerprint density at radius 3 is 2.42 bits per heavy atom. The lowest BCUT2D eigenvalue weighted by molar-refractivity contribution is 0.389. The number of benzene rings is 1. The monoisotopic (exact) mass is 370 g/mol. The highest BCUT2D eigenvalue weighted by Crippen LogP contribution is 2.34. The van der Waals surface area contributed by atoms with Gasteiger partial charge in [0.25, 0.3) is 0 Å². The topological polar surface area (TPSA) is 66.4 Å². The lowest BCUT2D eigenvalue weighted by Crippen LogP contribution is -2.40. The van der Waals surface area contributed by atoms with Gasteiger partial charge in [0, 0.05) is 28.4 Å². The van der Waals surface area contributed by atoms with E-state index in [-0.39, 0.29) is 10.8 Å². The summed E-state index contributed by atoms with van der Waals surface area (Å²) in [6.07, 6.45) is 0. The molecule has 1 aromatic heterocycles. The van der Waals surface area contributed by atoms with E-state index in [2.05, 4.69) is 9.71 Å². The molecule has 1 heterocycles. The van der Waals surface area contributed by atoms with Gasteiger partial charge in [-0.2, -0.15) is 0 Å². The van der Waals surface area contributed by atoms with Crippen molar-refractivity contribution in [1.82, 2.24) is 9.71 Å². The molecule has 0 bridgehead atoms. The van der Waals surface area contributed by atoms with Crippen molar-refractivity contribution in [2.75, 3.05) is 14.2 Å². The number of ether oxygens (including phenoxy) is 2. The Hall–Kier alpha value is -1.21. The maximum atomic E-state index is 12.4. The normalized spacial score (nSPS) is 14.5. The first kappa shape index (κ1) is 19.1. The zero-order chi connectivity index (χ0) is 18.1. The average Bonchev–Trinajstić information content (AvgIpc) is 2.51. The highest BCUT2D eigenvalue weighted by atomic mass is 35.5. The van der Waals surface area contributed by atoms with Crippen LogP contribution in [0.3, 0.4) is 0 Å². The molecule has 7 heteroatoms. The van der Waals surface area contributed by atoms with E-state index in [1.165, 1.54) is 0 Å². The van der Waals surface area contributed by atoms with Crippen LogP contribution in [0.2, 0.25) is 5.02 Å². The van der Waals surface area contributed by atoms with Gasteiger partial charge in [0.1, 0.15) is 10.5 Å². The third-order valence-corrected chi connectivity index (χ3v) is 5.56. The van der Waals surface area contributed by atoms with Crippen LogP contribution in [-0.2, 0) is 11.4 Å². The van der Waals surface area contributed by atoms with Gasteiger partial charge < -0.3 is 14.0 Å². The minimum Gasteiger partial charge on any atom is -0.598 e. The standard InChI is InChI=1S/C17H23ClN2O3S/c1-10(20-24(21)17(2,3)4)12-7-11-8-13(18)15(22-5)9-14(11)19-16(12)23-6/h7-10,20H,1-6H3/t10?,24-/m1/s1. The van der Waals surface area contributed by atoms with Crippen LogP contribution in [0.4, 0.5) is 0 Å².